The molecule has 0 saturated carbocycles. The molecule has 138 valence electrons. The number of aromatic nitrogens is 1. The van der Waals surface area contributed by atoms with E-state index in [9.17, 15) is 22.8 Å². The van der Waals surface area contributed by atoms with Gasteiger partial charge >= 0.3 is 5.51 Å². The van der Waals surface area contributed by atoms with E-state index in [4.69, 9.17) is 16.3 Å². The molecule has 2 amide bonds. The fourth-order valence-corrected chi connectivity index (χ4v) is 2.62. The molecule has 2 aromatic rings. The number of hydrogen-bond acceptors (Lipinski definition) is 5. The Morgan fingerprint density at radius 3 is 2.42 bits per heavy atom. The summed E-state index contributed by atoms with van der Waals surface area (Å²) in [7, 11) is 1.33. The van der Waals surface area contributed by atoms with Crippen LogP contribution in [0, 0.1) is 0 Å². The minimum Gasteiger partial charge on any atom is -0.496 e. The van der Waals surface area contributed by atoms with Crippen molar-refractivity contribution in [2.75, 3.05) is 7.11 Å². The van der Waals surface area contributed by atoms with Gasteiger partial charge in [0.05, 0.1) is 18.2 Å². The molecule has 2 rings (SSSR count). The van der Waals surface area contributed by atoms with E-state index in [0.29, 0.717) is 5.02 Å². The molecular formula is C15H11ClF3N3O3S. The van der Waals surface area contributed by atoms with Crippen molar-refractivity contribution in [2.24, 2.45) is 0 Å². The van der Waals surface area contributed by atoms with Crippen LogP contribution in [-0.2, 0) is 0 Å². The number of thioether (sulfide) groups is 1. The molecule has 0 aliphatic heterocycles. The van der Waals surface area contributed by atoms with E-state index in [1.54, 1.807) is 0 Å². The van der Waals surface area contributed by atoms with Crippen molar-refractivity contribution in [3.8, 4) is 5.75 Å². The Morgan fingerprint density at radius 1 is 1.15 bits per heavy atom. The van der Waals surface area contributed by atoms with E-state index in [-0.39, 0.29) is 16.9 Å². The topological polar surface area (TPSA) is 80.3 Å². The summed E-state index contributed by atoms with van der Waals surface area (Å²) in [5.74, 6) is -1.52. The van der Waals surface area contributed by atoms with Crippen LogP contribution in [0.25, 0.3) is 0 Å². The second kappa shape index (κ2) is 8.28. The third-order valence-corrected chi connectivity index (χ3v) is 3.91. The summed E-state index contributed by atoms with van der Waals surface area (Å²) in [6.07, 6.45) is 1.13. The van der Waals surface area contributed by atoms with Gasteiger partial charge in [-0.15, -0.1) is 0 Å². The van der Waals surface area contributed by atoms with E-state index >= 15 is 0 Å². The molecule has 6 nitrogen and oxygen atoms in total. The van der Waals surface area contributed by atoms with Crippen LogP contribution >= 0.6 is 23.4 Å². The van der Waals surface area contributed by atoms with Crippen LogP contribution in [0.3, 0.4) is 0 Å². The van der Waals surface area contributed by atoms with Crippen LogP contribution in [-0.4, -0.2) is 29.4 Å². The number of nitrogens with zero attached hydrogens (tertiary/aromatic N) is 1. The molecule has 11 heteroatoms. The molecular weight excluding hydrogens is 395 g/mol. The van der Waals surface area contributed by atoms with Crippen molar-refractivity contribution >= 4 is 35.2 Å². The average molecular weight is 406 g/mol. The second-order valence-electron chi connectivity index (χ2n) is 4.66. The van der Waals surface area contributed by atoms with Crippen molar-refractivity contribution < 1.29 is 27.5 Å². The molecule has 0 aliphatic rings. The number of nitrogens with one attached hydrogen (secondary N) is 2. The highest BCUT2D eigenvalue weighted by atomic mass is 35.5. The lowest BCUT2D eigenvalue weighted by atomic mass is 10.2. The number of rotatable bonds is 4. The lowest BCUT2D eigenvalue weighted by molar-refractivity contribution is -0.0329. The zero-order valence-corrected chi connectivity index (χ0v) is 14.6. The van der Waals surface area contributed by atoms with Gasteiger partial charge in [0, 0.05) is 23.0 Å². The molecule has 1 aromatic heterocycles. The normalized spacial score (nSPS) is 11.0. The van der Waals surface area contributed by atoms with Crippen LogP contribution < -0.4 is 15.6 Å². The van der Waals surface area contributed by atoms with Gasteiger partial charge in [0.25, 0.3) is 11.8 Å². The van der Waals surface area contributed by atoms with Gasteiger partial charge < -0.3 is 4.74 Å². The Bertz CT molecular complexity index is 833. The molecule has 0 fully saturated rings. The smallest absolute Gasteiger partial charge is 0.447 e. The molecule has 1 aromatic carbocycles. The molecule has 0 saturated heterocycles. The maximum atomic E-state index is 12.5. The molecule has 0 atom stereocenters. The quantitative estimate of drug-likeness (QED) is 0.601. The fourth-order valence-electron chi connectivity index (χ4n) is 1.86. The summed E-state index contributed by atoms with van der Waals surface area (Å²) >= 11 is 5.27. The highest BCUT2D eigenvalue weighted by Gasteiger charge is 2.32. The first-order chi connectivity index (χ1) is 12.2. The summed E-state index contributed by atoms with van der Waals surface area (Å²) in [5, 5.41) is -0.192. The second-order valence-corrected chi connectivity index (χ2v) is 6.15. The number of halogens is 4. The Morgan fingerprint density at radius 2 is 1.81 bits per heavy atom. The summed E-state index contributed by atoms with van der Waals surface area (Å²) in [4.78, 5) is 27.8. The lowest BCUT2D eigenvalue weighted by Gasteiger charge is -2.12. The molecule has 0 aliphatic carbocycles. The van der Waals surface area contributed by atoms with Gasteiger partial charge in [-0.05, 0) is 30.3 Å². The zero-order chi connectivity index (χ0) is 19.3. The maximum Gasteiger partial charge on any atom is 0.447 e. The number of benzene rings is 1. The van der Waals surface area contributed by atoms with E-state index in [2.05, 4.69) is 10.4 Å². The first-order valence-electron chi connectivity index (χ1n) is 6.86. The number of amides is 2. The van der Waals surface area contributed by atoms with Crippen LogP contribution in [0.1, 0.15) is 20.7 Å². The van der Waals surface area contributed by atoms with Gasteiger partial charge in [-0.25, -0.2) is 4.98 Å². The molecule has 26 heavy (non-hydrogen) atoms. The summed E-state index contributed by atoms with van der Waals surface area (Å²) < 4.78 is 42.6. The van der Waals surface area contributed by atoms with Crippen molar-refractivity contribution in [3.05, 3.63) is 52.7 Å². The van der Waals surface area contributed by atoms with Gasteiger partial charge in [-0.3, -0.25) is 20.4 Å². The number of methoxy groups -OCH3 is 1. The summed E-state index contributed by atoms with van der Waals surface area (Å²) in [6, 6.07) is 6.68. The third kappa shape index (κ3) is 5.27. The largest absolute Gasteiger partial charge is 0.496 e. The number of carbonyl (C=O) groups is 2. The Labute approximate surface area is 155 Å². The minimum atomic E-state index is -4.61. The third-order valence-electron chi connectivity index (χ3n) is 2.93. The van der Waals surface area contributed by atoms with Crippen LogP contribution in [0.15, 0.2) is 41.6 Å². The molecule has 0 bridgehead atoms. The van der Waals surface area contributed by atoms with Crippen molar-refractivity contribution in [3.63, 3.8) is 0 Å². The van der Waals surface area contributed by atoms with Crippen LogP contribution in [0.2, 0.25) is 5.02 Å². The number of hydrogen-bond donors (Lipinski definition) is 2. The van der Waals surface area contributed by atoms with E-state index in [0.717, 1.165) is 12.3 Å². The average Bonchev–Trinajstić information content (AvgIpc) is 2.58. The highest BCUT2D eigenvalue weighted by Crippen LogP contribution is 2.37. The van der Waals surface area contributed by atoms with Gasteiger partial charge in [-0.2, -0.15) is 13.2 Å². The number of alkyl halides is 3. The maximum absolute atomic E-state index is 12.5. The monoisotopic (exact) mass is 405 g/mol. The van der Waals surface area contributed by atoms with E-state index < -0.39 is 34.1 Å². The number of hydrazine groups is 1. The highest BCUT2D eigenvalue weighted by molar-refractivity contribution is 8.00. The first-order valence-corrected chi connectivity index (χ1v) is 8.05. The van der Waals surface area contributed by atoms with Gasteiger partial charge in [0.1, 0.15) is 10.8 Å². The SMILES string of the molecule is COc1cc(Cl)ccc1C(=O)NNC(=O)c1cccnc1SC(F)(F)F. The first kappa shape index (κ1) is 19.9. The predicted molar refractivity (Wildman–Crippen MR) is 89.1 cm³/mol. The van der Waals surface area contributed by atoms with Crippen LogP contribution in [0.5, 0.6) is 5.75 Å². The van der Waals surface area contributed by atoms with Crippen molar-refractivity contribution in [2.45, 2.75) is 10.5 Å². The predicted octanol–water partition coefficient (Wildman–Crippen LogP) is 3.43. The Hall–Kier alpha value is -2.46. The van der Waals surface area contributed by atoms with Crippen LogP contribution in [0.4, 0.5) is 13.2 Å². The van der Waals surface area contributed by atoms with E-state index in [1.165, 1.54) is 31.4 Å². The fraction of sp³-hybridized carbons (Fsp3) is 0.133. The van der Waals surface area contributed by atoms with Gasteiger partial charge in [0.15, 0.2) is 0 Å². The zero-order valence-electron chi connectivity index (χ0n) is 13.1. The molecule has 2 N–H and O–H groups in total. The van der Waals surface area contributed by atoms with E-state index in [1.807, 2.05) is 5.43 Å². The standard InChI is InChI=1S/C15H11ClF3N3O3S/c1-25-11-7-8(16)4-5-9(11)12(23)21-22-13(24)10-3-2-6-20-14(10)26-15(17,18)19/h2-7H,1H3,(H,21,23)(H,22,24). The minimum absolute atomic E-state index is 0.0771. The molecule has 0 radical (unpaired) electrons. The van der Waals surface area contributed by atoms with Crippen molar-refractivity contribution in [1.82, 2.24) is 15.8 Å². The summed E-state index contributed by atoms with van der Waals surface area (Å²) in [6.45, 7) is 0. The summed E-state index contributed by atoms with van der Waals surface area (Å²) in [5.41, 5.74) is -0.723. The number of carbonyl (C=O) groups excluding carboxylic acids is 2. The lowest BCUT2D eigenvalue weighted by Crippen LogP contribution is -2.42. The van der Waals surface area contributed by atoms with Gasteiger partial charge in [0.2, 0.25) is 0 Å². The number of ether oxygens (including phenoxy) is 1. The van der Waals surface area contributed by atoms with Crippen molar-refractivity contribution in [1.29, 1.82) is 0 Å². The Balaban J connectivity index is 2.11. The molecule has 0 unspecified atom stereocenters. The molecule has 0 spiro atoms. The number of pyridine rings is 1. The van der Waals surface area contributed by atoms with Gasteiger partial charge in [-0.1, -0.05) is 11.6 Å². The molecule has 1 heterocycles. The Kier molecular flexibility index (Phi) is 6.32.